The number of carbonyl (C=O) groups is 1. The fraction of sp³-hybridized carbons (Fsp3) is 0.412. The minimum absolute atomic E-state index is 0.0870. The van der Waals surface area contributed by atoms with Gasteiger partial charge < -0.3 is 24.0 Å². The Labute approximate surface area is 149 Å². The van der Waals surface area contributed by atoms with Crippen molar-refractivity contribution in [3.05, 3.63) is 54.0 Å². The number of imidazole rings is 1. The first-order valence-electron chi connectivity index (χ1n) is 8.48. The van der Waals surface area contributed by atoms with E-state index in [1.54, 1.807) is 24.7 Å². The minimum Gasteiger partial charge on any atom is -0.453 e. The Kier molecular flexibility index (Phi) is 4.29. The maximum atomic E-state index is 12.1. The van der Waals surface area contributed by atoms with E-state index in [0.29, 0.717) is 12.3 Å². The summed E-state index contributed by atoms with van der Waals surface area (Å²) in [5, 5.41) is 20.5. The van der Waals surface area contributed by atoms with Gasteiger partial charge in [0, 0.05) is 31.4 Å². The minimum atomic E-state index is -0.257. The van der Waals surface area contributed by atoms with E-state index in [2.05, 4.69) is 20.5 Å². The number of carbonyl (C=O) groups excluding carboxylic acids is 1. The third-order valence-corrected chi connectivity index (χ3v) is 4.76. The molecular weight excluding hydrogens is 336 g/mol. The van der Waals surface area contributed by atoms with Gasteiger partial charge in [0.05, 0.1) is 12.9 Å². The third-order valence-electron chi connectivity index (χ3n) is 4.76. The Balaban J connectivity index is 1.33. The lowest BCUT2D eigenvalue weighted by atomic mass is 9.79. The summed E-state index contributed by atoms with van der Waals surface area (Å²) >= 11 is 0. The number of nitrogens with one attached hydrogen (secondary N) is 1. The van der Waals surface area contributed by atoms with Gasteiger partial charge in [-0.05, 0) is 25.0 Å². The summed E-state index contributed by atoms with van der Waals surface area (Å²) in [6.45, 7) is 0.411. The van der Waals surface area contributed by atoms with E-state index in [4.69, 9.17) is 9.52 Å². The standard InChI is InChI=1S/C17H20N6O3/c1-22-15(8-23-5-4-18-10-23)20-21-16(22)11-6-12(7-11)19-17(25)14-3-2-13(9-24)26-14/h2-5,10-12,24H,6-9H2,1H3,(H,19,25). The molecule has 26 heavy (non-hydrogen) atoms. The van der Waals surface area contributed by atoms with Crippen molar-refractivity contribution in [1.29, 1.82) is 0 Å². The average molecular weight is 356 g/mol. The first kappa shape index (κ1) is 16.5. The number of hydrogen-bond acceptors (Lipinski definition) is 6. The predicted molar refractivity (Wildman–Crippen MR) is 90.2 cm³/mol. The molecule has 0 spiro atoms. The lowest BCUT2D eigenvalue weighted by Gasteiger charge is -2.34. The summed E-state index contributed by atoms with van der Waals surface area (Å²) in [5.74, 6) is 2.43. The van der Waals surface area contributed by atoms with Crippen LogP contribution in [-0.4, -0.2) is 41.4 Å². The van der Waals surface area contributed by atoms with E-state index in [-0.39, 0.29) is 30.2 Å². The van der Waals surface area contributed by atoms with Gasteiger partial charge in [-0.3, -0.25) is 4.79 Å². The van der Waals surface area contributed by atoms with Crippen molar-refractivity contribution in [2.24, 2.45) is 7.05 Å². The monoisotopic (exact) mass is 356 g/mol. The molecule has 0 bridgehead atoms. The Morgan fingerprint density at radius 3 is 2.92 bits per heavy atom. The Hall–Kier alpha value is -2.94. The fourth-order valence-electron chi connectivity index (χ4n) is 3.20. The molecule has 0 aromatic carbocycles. The third kappa shape index (κ3) is 3.13. The normalized spacial score (nSPS) is 19.3. The highest BCUT2D eigenvalue weighted by Gasteiger charge is 2.35. The first-order chi connectivity index (χ1) is 12.6. The summed E-state index contributed by atoms with van der Waals surface area (Å²) in [5.41, 5.74) is 0. The number of aliphatic hydroxyl groups is 1. The van der Waals surface area contributed by atoms with Gasteiger partial charge in [0.2, 0.25) is 0 Å². The molecule has 3 aromatic rings. The van der Waals surface area contributed by atoms with Crippen molar-refractivity contribution in [3.63, 3.8) is 0 Å². The van der Waals surface area contributed by atoms with Crippen LogP contribution in [0.3, 0.4) is 0 Å². The van der Waals surface area contributed by atoms with Crippen LogP contribution in [0, 0.1) is 0 Å². The zero-order valence-electron chi connectivity index (χ0n) is 14.4. The lowest BCUT2D eigenvalue weighted by Crippen LogP contribution is -2.43. The van der Waals surface area contributed by atoms with Crippen LogP contribution >= 0.6 is 0 Å². The molecule has 0 aliphatic heterocycles. The summed E-state index contributed by atoms with van der Waals surface area (Å²) in [4.78, 5) is 16.2. The predicted octanol–water partition coefficient (Wildman–Crippen LogP) is 0.821. The Bertz CT molecular complexity index is 892. The Morgan fingerprint density at radius 1 is 1.38 bits per heavy atom. The summed E-state index contributed by atoms with van der Waals surface area (Å²) in [7, 11) is 1.97. The molecule has 1 fully saturated rings. The highest BCUT2D eigenvalue weighted by Crippen LogP contribution is 2.36. The van der Waals surface area contributed by atoms with Crippen molar-refractivity contribution in [2.45, 2.75) is 38.0 Å². The van der Waals surface area contributed by atoms with Crippen LogP contribution in [0.25, 0.3) is 0 Å². The van der Waals surface area contributed by atoms with Crippen LogP contribution in [0.1, 0.15) is 46.7 Å². The number of amides is 1. The molecular formula is C17H20N6O3. The molecule has 1 saturated carbocycles. The van der Waals surface area contributed by atoms with Crippen LogP contribution in [0.5, 0.6) is 0 Å². The van der Waals surface area contributed by atoms with Gasteiger partial charge in [-0.2, -0.15) is 0 Å². The lowest BCUT2D eigenvalue weighted by molar-refractivity contribution is 0.0874. The zero-order chi connectivity index (χ0) is 18.1. The molecule has 0 atom stereocenters. The molecule has 0 radical (unpaired) electrons. The molecule has 3 heterocycles. The number of nitrogens with zero attached hydrogens (tertiary/aromatic N) is 5. The molecule has 9 heteroatoms. The van der Waals surface area contributed by atoms with Gasteiger partial charge in [-0.1, -0.05) is 0 Å². The van der Waals surface area contributed by atoms with Crippen molar-refractivity contribution in [1.82, 2.24) is 29.6 Å². The molecule has 4 rings (SSSR count). The second-order valence-electron chi connectivity index (χ2n) is 6.53. The highest BCUT2D eigenvalue weighted by molar-refractivity contribution is 5.91. The number of aliphatic hydroxyl groups excluding tert-OH is 1. The van der Waals surface area contributed by atoms with Gasteiger partial charge in [0.1, 0.15) is 18.2 Å². The highest BCUT2D eigenvalue weighted by atomic mass is 16.4. The summed E-state index contributed by atoms with van der Waals surface area (Å²) in [6.07, 6.45) is 7.01. The summed E-state index contributed by atoms with van der Waals surface area (Å²) < 4.78 is 9.21. The molecule has 3 aromatic heterocycles. The second kappa shape index (κ2) is 6.75. The number of rotatable bonds is 6. The quantitative estimate of drug-likeness (QED) is 0.676. The van der Waals surface area contributed by atoms with Gasteiger partial charge in [0.15, 0.2) is 11.6 Å². The maximum Gasteiger partial charge on any atom is 0.287 e. The molecule has 1 aliphatic carbocycles. The molecule has 2 N–H and O–H groups in total. The van der Waals surface area contributed by atoms with E-state index in [1.807, 2.05) is 22.4 Å². The van der Waals surface area contributed by atoms with Crippen molar-refractivity contribution in [3.8, 4) is 0 Å². The summed E-state index contributed by atoms with van der Waals surface area (Å²) in [6, 6.07) is 3.26. The molecule has 0 saturated heterocycles. The van der Waals surface area contributed by atoms with E-state index in [9.17, 15) is 4.79 Å². The van der Waals surface area contributed by atoms with Gasteiger partial charge >= 0.3 is 0 Å². The van der Waals surface area contributed by atoms with Crippen molar-refractivity contribution in [2.75, 3.05) is 0 Å². The SMILES string of the molecule is Cn1c(Cn2ccnc2)nnc1C1CC(NC(=O)c2ccc(CO)o2)C1. The molecule has 1 aliphatic rings. The van der Waals surface area contributed by atoms with Crippen LogP contribution in [0.4, 0.5) is 0 Å². The van der Waals surface area contributed by atoms with Gasteiger partial charge in [-0.15, -0.1) is 10.2 Å². The van der Waals surface area contributed by atoms with Crippen LogP contribution in [0.2, 0.25) is 0 Å². The molecule has 1 amide bonds. The van der Waals surface area contributed by atoms with Crippen molar-refractivity contribution < 1.29 is 14.3 Å². The molecule has 0 unspecified atom stereocenters. The van der Waals surface area contributed by atoms with E-state index < -0.39 is 0 Å². The number of aromatic nitrogens is 5. The van der Waals surface area contributed by atoms with Crippen LogP contribution < -0.4 is 5.32 Å². The van der Waals surface area contributed by atoms with Crippen LogP contribution in [-0.2, 0) is 20.2 Å². The largest absolute Gasteiger partial charge is 0.453 e. The average Bonchev–Trinajstić information content (AvgIpc) is 3.34. The topological polar surface area (TPSA) is 111 Å². The fourth-order valence-corrected chi connectivity index (χ4v) is 3.20. The molecule has 9 nitrogen and oxygen atoms in total. The second-order valence-corrected chi connectivity index (χ2v) is 6.53. The molecule has 136 valence electrons. The van der Waals surface area contributed by atoms with Gasteiger partial charge in [-0.25, -0.2) is 4.98 Å². The van der Waals surface area contributed by atoms with Crippen LogP contribution in [0.15, 0.2) is 35.3 Å². The first-order valence-corrected chi connectivity index (χ1v) is 8.48. The van der Waals surface area contributed by atoms with Gasteiger partial charge in [0.25, 0.3) is 5.91 Å². The van der Waals surface area contributed by atoms with E-state index in [1.165, 1.54) is 0 Å². The van der Waals surface area contributed by atoms with Crippen molar-refractivity contribution >= 4 is 5.91 Å². The smallest absolute Gasteiger partial charge is 0.287 e. The van der Waals surface area contributed by atoms with E-state index in [0.717, 1.165) is 24.5 Å². The van der Waals surface area contributed by atoms with E-state index >= 15 is 0 Å². The Morgan fingerprint density at radius 2 is 2.23 bits per heavy atom. The zero-order valence-corrected chi connectivity index (χ0v) is 14.4. The number of hydrogen-bond donors (Lipinski definition) is 2. The maximum absolute atomic E-state index is 12.1. The number of furan rings is 1.